The van der Waals surface area contributed by atoms with E-state index in [9.17, 15) is 0 Å². The highest BCUT2D eigenvalue weighted by atomic mass is 16.5. The van der Waals surface area contributed by atoms with Gasteiger partial charge >= 0.3 is 0 Å². The van der Waals surface area contributed by atoms with Crippen LogP contribution in [0.1, 0.15) is 51.9 Å². The molecule has 0 rings (SSSR count). The SMILES string of the molecule is CCCCCCCCCOC. The van der Waals surface area contributed by atoms with Crippen LogP contribution < -0.4 is 0 Å². The van der Waals surface area contributed by atoms with E-state index in [-0.39, 0.29) is 0 Å². The molecule has 0 aromatic rings. The summed E-state index contributed by atoms with van der Waals surface area (Å²) in [5.74, 6) is 0. The Balaban J connectivity index is 2.69. The Kier molecular flexibility index (Phi) is 9.92. The maximum Gasteiger partial charge on any atom is 0.0462 e. The van der Waals surface area contributed by atoms with Gasteiger partial charge in [0.1, 0.15) is 0 Å². The molecule has 0 amide bonds. The van der Waals surface area contributed by atoms with E-state index in [4.69, 9.17) is 4.74 Å². The van der Waals surface area contributed by atoms with E-state index >= 15 is 0 Å². The molecule has 0 bridgehead atoms. The zero-order chi connectivity index (χ0) is 8.36. The van der Waals surface area contributed by atoms with Gasteiger partial charge in [-0.05, 0) is 6.42 Å². The van der Waals surface area contributed by atoms with E-state index in [0.717, 1.165) is 6.61 Å². The van der Waals surface area contributed by atoms with Gasteiger partial charge in [-0.1, -0.05) is 45.4 Å². The van der Waals surface area contributed by atoms with Gasteiger partial charge in [-0.25, -0.2) is 0 Å². The summed E-state index contributed by atoms with van der Waals surface area (Å²) in [7, 11) is 1.77. The van der Waals surface area contributed by atoms with Crippen LogP contribution in [0.5, 0.6) is 0 Å². The third kappa shape index (κ3) is 9.96. The fourth-order valence-electron chi connectivity index (χ4n) is 1.20. The van der Waals surface area contributed by atoms with Crippen molar-refractivity contribution in [2.45, 2.75) is 51.9 Å². The van der Waals surface area contributed by atoms with Crippen molar-refractivity contribution in [1.82, 2.24) is 0 Å². The summed E-state index contributed by atoms with van der Waals surface area (Å²) in [4.78, 5) is 0. The zero-order valence-corrected chi connectivity index (χ0v) is 8.07. The number of methoxy groups -OCH3 is 1. The van der Waals surface area contributed by atoms with Gasteiger partial charge in [0.25, 0.3) is 0 Å². The first kappa shape index (κ1) is 11.0. The number of ether oxygens (including phenoxy) is 1. The van der Waals surface area contributed by atoms with Crippen molar-refractivity contribution >= 4 is 0 Å². The van der Waals surface area contributed by atoms with Gasteiger partial charge in [-0.15, -0.1) is 0 Å². The summed E-state index contributed by atoms with van der Waals surface area (Å²) in [5.41, 5.74) is 0. The van der Waals surface area contributed by atoms with Gasteiger partial charge in [-0.3, -0.25) is 0 Å². The summed E-state index contributed by atoms with van der Waals surface area (Å²) in [6.45, 7) is 3.19. The molecule has 0 fully saturated rings. The molecule has 0 unspecified atom stereocenters. The first-order valence-corrected chi connectivity index (χ1v) is 4.90. The lowest BCUT2D eigenvalue weighted by atomic mass is 10.1. The molecule has 0 N–H and O–H groups in total. The van der Waals surface area contributed by atoms with Gasteiger partial charge in [0.05, 0.1) is 0 Å². The lowest BCUT2D eigenvalue weighted by Crippen LogP contribution is -1.87. The Morgan fingerprint density at radius 1 is 0.818 bits per heavy atom. The van der Waals surface area contributed by atoms with Crippen LogP contribution in [0.15, 0.2) is 0 Å². The molecule has 1 heteroatoms. The fraction of sp³-hybridized carbons (Fsp3) is 1.00. The molecule has 0 saturated carbocycles. The molecule has 11 heavy (non-hydrogen) atoms. The predicted octanol–water partition coefficient (Wildman–Crippen LogP) is 3.38. The van der Waals surface area contributed by atoms with Crippen LogP contribution in [0, 0.1) is 0 Å². The molecular weight excluding hydrogens is 136 g/mol. The molecule has 0 aliphatic heterocycles. The van der Waals surface area contributed by atoms with Crippen LogP contribution in [0.25, 0.3) is 0 Å². The third-order valence-corrected chi connectivity index (χ3v) is 1.95. The number of hydrogen-bond acceptors (Lipinski definition) is 1. The van der Waals surface area contributed by atoms with Crippen molar-refractivity contribution in [2.75, 3.05) is 13.7 Å². The Hall–Kier alpha value is -0.0400. The zero-order valence-electron chi connectivity index (χ0n) is 8.07. The van der Waals surface area contributed by atoms with Crippen LogP contribution in [0.4, 0.5) is 0 Å². The summed E-state index contributed by atoms with van der Waals surface area (Å²) in [6, 6.07) is 0. The molecule has 0 aliphatic carbocycles. The molecule has 0 aromatic carbocycles. The summed E-state index contributed by atoms with van der Waals surface area (Å²) in [6.07, 6.45) is 9.56. The highest BCUT2D eigenvalue weighted by Crippen LogP contribution is 2.06. The standard InChI is InChI=1S/C10H22O/c1-3-4-5-6-7-8-9-10-11-2/h3-10H2,1-2H3. The molecular formula is C10H22O. The second kappa shape index (κ2) is 9.96. The molecule has 0 heterocycles. The molecule has 0 aliphatic rings. The molecule has 0 atom stereocenters. The highest BCUT2D eigenvalue weighted by molar-refractivity contribution is 4.43. The van der Waals surface area contributed by atoms with Crippen LogP contribution in [0.2, 0.25) is 0 Å². The van der Waals surface area contributed by atoms with Crippen molar-refractivity contribution in [3.8, 4) is 0 Å². The maximum atomic E-state index is 4.97. The number of unbranched alkanes of at least 4 members (excludes halogenated alkanes) is 6. The average molecular weight is 158 g/mol. The summed E-state index contributed by atoms with van der Waals surface area (Å²) in [5, 5.41) is 0. The van der Waals surface area contributed by atoms with Crippen LogP contribution in [-0.2, 0) is 4.74 Å². The average Bonchev–Trinajstić information content (AvgIpc) is 2.03. The Morgan fingerprint density at radius 3 is 1.91 bits per heavy atom. The van der Waals surface area contributed by atoms with Crippen molar-refractivity contribution < 1.29 is 4.74 Å². The Labute approximate surface area is 71.1 Å². The topological polar surface area (TPSA) is 9.23 Å². The van der Waals surface area contributed by atoms with Crippen LogP contribution in [0.3, 0.4) is 0 Å². The molecule has 0 radical (unpaired) electrons. The van der Waals surface area contributed by atoms with Crippen molar-refractivity contribution in [1.29, 1.82) is 0 Å². The molecule has 0 spiro atoms. The number of hydrogen-bond donors (Lipinski definition) is 0. The Morgan fingerprint density at radius 2 is 1.36 bits per heavy atom. The van der Waals surface area contributed by atoms with Gasteiger partial charge in [0, 0.05) is 13.7 Å². The molecule has 0 saturated heterocycles. The lowest BCUT2D eigenvalue weighted by Gasteiger charge is -1.99. The van der Waals surface area contributed by atoms with Gasteiger partial charge in [-0.2, -0.15) is 0 Å². The third-order valence-electron chi connectivity index (χ3n) is 1.95. The minimum Gasteiger partial charge on any atom is -0.385 e. The normalized spacial score (nSPS) is 10.4. The smallest absolute Gasteiger partial charge is 0.0462 e. The number of rotatable bonds is 8. The largest absolute Gasteiger partial charge is 0.385 e. The second-order valence-corrected chi connectivity index (χ2v) is 3.11. The molecule has 1 nitrogen and oxygen atoms in total. The highest BCUT2D eigenvalue weighted by Gasteiger charge is 1.89. The van der Waals surface area contributed by atoms with E-state index < -0.39 is 0 Å². The molecule has 0 aromatic heterocycles. The van der Waals surface area contributed by atoms with E-state index in [0.29, 0.717) is 0 Å². The minimum absolute atomic E-state index is 0.938. The van der Waals surface area contributed by atoms with E-state index in [1.807, 2.05) is 0 Å². The maximum absolute atomic E-state index is 4.97. The van der Waals surface area contributed by atoms with Crippen molar-refractivity contribution in [3.63, 3.8) is 0 Å². The fourth-order valence-corrected chi connectivity index (χ4v) is 1.20. The molecule has 68 valence electrons. The quantitative estimate of drug-likeness (QED) is 0.492. The van der Waals surface area contributed by atoms with Crippen LogP contribution >= 0.6 is 0 Å². The van der Waals surface area contributed by atoms with Gasteiger partial charge < -0.3 is 4.74 Å². The van der Waals surface area contributed by atoms with E-state index in [2.05, 4.69) is 6.92 Å². The van der Waals surface area contributed by atoms with Gasteiger partial charge in [0.15, 0.2) is 0 Å². The Bertz CT molecular complexity index is 53.9. The van der Waals surface area contributed by atoms with E-state index in [1.165, 1.54) is 44.9 Å². The lowest BCUT2D eigenvalue weighted by molar-refractivity contribution is 0.192. The monoisotopic (exact) mass is 158 g/mol. The van der Waals surface area contributed by atoms with Crippen molar-refractivity contribution in [2.24, 2.45) is 0 Å². The van der Waals surface area contributed by atoms with Crippen molar-refractivity contribution in [3.05, 3.63) is 0 Å². The predicted molar refractivity (Wildman–Crippen MR) is 49.9 cm³/mol. The minimum atomic E-state index is 0.938. The summed E-state index contributed by atoms with van der Waals surface area (Å²) < 4.78 is 4.97. The van der Waals surface area contributed by atoms with Crippen LogP contribution in [-0.4, -0.2) is 13.7 Å². The first-order chi connectivity index (χ1) is 5.41. The summed E-state index contributed by atoms with van der Waals surface area (Å²) >= 11 is 0. The second-order valence-electron chi connectivity index (χ2n) is 3.11. The first-order valence-electron chi connectivity index (χ1n) is 4.90. The van der Waals surface area contributed by atoms with Gasteiger partial charge in [0.2, 0.25) is 0 Å². The van der Waals surface area contributed by atoms with E-state index in [1.54, 1.807) is 7.11 Å².